The molecule has 0 aromatic heterocycles. The Morgan fingerprint density at radius 2 is 0.942 bits per heavy atom. The minimum absolute atomic E-state index is 0.0443. The van der Waals surface area contributed by atoms with Crippen LogP contribution in [0.3, 0.4) is 0 Å². The maximum atomic E-state index is 14.1. The third-order valence-corrected chi connectivity index (χ3v) is 9.43. The highest BCUT2D eigenvalue weighted by Crippen LogP contribution is 2.59. The Balaban J connectivity index is 1.43. The van der Waals surface area contributed by atoms with Crippen molar-refractivity contribution in [1.29, 1.82) is 0 Å². The average molecular weight is 747 g/mol. The molecular weight excluding hydrogens is 717 g/mol. The molecule has 0 N–H and O–H groups in total. The third-order valence-electron chi connectivity index (χ3n) is 6.80. The van der Waals surface area contributed by atoms with E-state index in [0.717, 1.165) is 23.5 Å². The van der Waals surface area contributed by atoms with Gasteiger partial charge in [-0.3, -0.25) is 9.59 Å². The van der Waals surface area contributed by atoms with Gasteiger partial charge < -0.3 is 28.4 Å². The fourth-order valence-corrected chi connectivity index (χ4v) is 7.10. The molecule has 0 unspecified atom stereocenters. The van der Waals surface area contributed by atoms with E-state index in [0.29, 0.717) is 11.4 Å². The predicted octanol–water partition coefficient (Wildman–Crippen LogP) is 6.36. The van der Waals surface area contributed by atoms with Gasteiger partial charge in [-0.05, 0) is 50.2 Å². The predicted molar refractivity (Wildman–Crippen MR) is 189 cm³/mol. The number of thioether (sulfide) groups is 2. The third kappa shape index (κ3) is 8.65. The van der Waals surface area contributed by atoms with Gasteiger partial charge in [-0.2, -0.15) is 0 Å². The number of rotatable bonds is 12. The molecule has 2 aliphatic rings. The number of anilines is 2. The molecule has 0 aliphatic carbocycles. The molecule has 16 heteroatoms. The summed E-state index contributed by atoms with van der Waals surface area (Å²) >= 11 is 1.89. The number of ether oxygens (including phenoxy) is 6. The zero-order valence-corrected chi connectivity index (χ0v) is 29.4. The summed E-state index contributed by atoms with van der Waals surface area (Å²) in [4.78, 5) is 77.2. The second kappa shape index (κ2) is 16.8. The number of hydrogen-bond donors (Lipinski definition) is 0. The number of nitrogens with zero attached hydrogens (tertiary/aromatic N) is 2. The molecule has 14 nitrogen and oxygen atoms in total. The standard InChI is InChI=1S/C36H30N2O12S2/c1-21(2)32(41)45-17-19-47-35(43)49-25-15-16-26(50-36(44)48-20-18-46-33(42)22(3)4)29-28(25)51-34(52-29)27-30(39)37(23-11-7-5-8-12-23)38(31(27)40)24-13-9-6-10-14-24/h5-16H,1,3,17-20H2,2,4H3. The molecule has 2 amide bonds. The Bertz CT molecular complexity index is 1840. The summed E-state index contributed by atoms with van der Waals surface area (Å²) in [6.07, 6.45) is -2.28. The van der Waals surface area contributed by atoms with Gasteiger partial charge >= 0.3 is 24.2 Å². The molecule has 3 aromatic carbocycles. The molecule has 268 valence electrons. The van der Waals surface area contributed by atoms with E-state index >= 15 is 0 Å². The molecule has 1 fully saturated rings. The van der Waals surface area contributed by atoms with E-state index in [1.54, 1.807) is 60.7 Å². The van der Waals surface area contributed by atoms with Crippen LogP contribution in [0.15, 0.2) is 117 Å². The Morgan fingerprint density at radius 3 is 1.31 bits per heavy atom. The average Bonchev–Trinajstić information content (AvgIpc) is 3.68. The first-order chi connectivity index (χ1) is 25.0. The number of carbonyl (C=O) groups excluding carboxylic acids is 6. The van der Waals surface area contributed by atoms with Gasteiger partial charge in [-0.1, -0.05) is 73.1 Å². The quantitative estimate of drug-likeness (QED) is 0.0502. The van der Waals surface area contributed by atoms with E-state index in [1.807, 2.05) is 0 Å². The number of carbonyl (C=O) groups is 6. The van der Waals surface area contributed by atoms with Crippen molar-refractivity contribution in [2.24, 2.45) is 0 Å². The molecule has 5 rings (SSSR count). The van der Waals surface area contributed by atoms with Crippen LogP contribution >= 0.6 is 23.5 Å². The molecule has 2 heterocycles. The van der Waals surface area contributed by atoms with Crippen molar-refractivity contribution in [2.45, 2.75) is 23.6 Å². The van der Waals surface area contributed by atoms with Crippen molar-refractivity contribution < 1.29 is 57.2 Å². The highest BCUT2D eigenvalue weighted by molar-refractivity contribution is 8.25. The summed E-state index contributed by atoms with van der Waals surface area (Å²) in [6.45, 7) is 8.75. The lowest BCUT2D eigenvalue weighted by Gasteiger charge is -2.27. The van der Waals surface area contributed by atoms with Crippen LogP contribution in [0.25, 0.3) is 0 Å². The summed E-state index contributed by atoms with van der Waals surface area (Å²) in [5, 5.41) is 2.52. The minimum Gasteiger partial charge on any atom is -0.459 e. The van der Waals surface area contributed by atoms with Crippen molar-refractivity contribution in [2.75, 3.05) is 36.4 Å². The fraction of sp³-hybridized carbons (Fsp3) is 0.167. The molecule has 1 saturated heterocycles. The van der Waals surface area contributed by atoms with Crippen molar-refractivity contribution in [3.05, 3.63) is 107 Å². The van der Waals surface area contributed by atoms with Crippen LogP contribution in [-0.2, 0) is 38.1 Å². The lowest BCUT2D eigenvalue weighted by atomic mass is 10.2. The van der Waals surface area contributed by atoms with Crippen LogP contribution < -0.4 is 19.5 Å². The number of fused-ring (bicyclic) bond motifs is 1. The van der Waals surface area contributed by atoms with Gasteiger partial charge in [0, 0.05) is 11.1 Å². The zero-order valence-electron chi connectivity index (χ0n) is 27.8. The molecule has 2 aliphatic heterocycles. The normalized spacial score (nSPS) is 13.3. The lowest BCUT2D eigenvalue weighted by molar-refractivity contribution is -0.140. The second-order valence-electron chi connectivity index (χ2n) is 10.7. The molecule has 0 bridgehead atoms. The number of benzene rings is 3. The van der Waals surface area contributed by atoms with Crippen LogP contribution in [0.5, 0.6) is 11.5 Å². The van der Waals surface area contributed by atoms with Crippen LogP contribution in [0.1, 0.15) is 13.8 Å². The van der Waals surface area contributed by atoms with E-state index in [1.165, 1.54) is 36.0 Å². The topological polar surface area (TPSA) is 164 Å². The molecule has 3 aromatic rings. The first-order valence-corrected chi connectivity index (χ1v) is 17.0. The number of hydrazine groups is 1. The summed E-state index contributed by atoms with van der Waals surface area (Å²) in [7, 11) is 0. The van der Waals surface area contributed by atoms with Gasteiger partial charge in [-0.25, -0.2) is 29.2 Å². The monoisotopic (exact) mass is 746 g/mol. The van der Waals surface area contributed by atoms with E-state index in [-0.39, 0.29) is 68.7 Å². The van der Waals surface area contributed by atoms with Gasteiger partial charge in [0.2, 0.25) is 0 Å². The van der Waals surface area contributed by atoms with E-state index in [2.05, 4.69) is 13.2 Å². The first-order valence-electron chi connectivity index (χ1n) is 15.4. The largest absolute Gasteiger partial charge is 0.514 e. The summed E-state index contributed by atoms with van der Waals surface area (Å²) in [5.74, 6) is -2.65. The van der Waals surface area contributed by atoms with Crippen molar-refractivity contribution in [3.63, 3.8) is 0 Å². The molecule has 0 spiro atoms. The van der Waals surface area contributed by atoms with Gasteiger partial charge in [0.15, 0.2) is 0 Å². The Hall–Kier alpha value is -6.00. The van der Waals surface area contributed by atoms with Gasteiger partial charge in [0.25, 0.3) is 11.8 Å². The Morgan fingerprint density at radius 1 is 0.577 bits per heavy atom. The van der Waals surface area contributed by atoms with Crippen molar-refractivity contribution in [3.8, 4) is 11.5 Å². The van der Waals surface area contributed by atoms with Crippen LogP contribution in [-0.4, -0.2) is 62.5 Å². The molecule has 0 saturated carbocycles. The van der Waals surface area contributed by atoms with Crippen molar-refractivity contribution >= 4 is 71.0 Å². The molecule has 52 heavy (non-hydrogen) atoms. The number of para-hydroxylation sites is 2. The fourth-order valence-electron chi connectivity index (χ4n) is 4.46. The summed E-state index contributed by atoms with van der Waals surface area (Å²) in [5.41, 5.74) is 1.04. The Kier molecular flexibility index (Phi) is 12.0. The van der Waals surface area contributed by atoms with E-state index in [9.17, 15) is 28.8 Å². The smallest absolute Gasteiger partial charge is 0.459 e. The van der Waals surface area contributed by atoms with Crippen LogP contribution in [0, 0.1) is 0 Å². The van der Waals surface area contributed by atoms with E-state index < -0.39 is 36.1 Å². The maximum Gasteiger partial charge on any atom is 0.514 e. The molecule has 0 radical (unpaired) electrons. The first kappa shape index (κ1) is 37.3. The highest BCUT2D eigenvalue weighted by Gasteiger charge is 2.47. The van der Waals surface area contributed by atoms with E-state index in [4.69, 9.17) is 28.4 Å². The minimum atomic E-state index is -1.14. The number of esters is 2. The van der Waals surface area contributed by atoms with Gasteiger partial charge in [0.05, 0.1) is 25.4 Å². The Labute approximate surface area is 305 Å². The van der Waals surface area contributed by atoms with Gasteiger partial charge in [0.1, 0.15) is 43.5 Å². The number of amides is 2. The summed E-state index contributed by atoms with van der Waals surface area (Å²) < 4.78 is 31.0. The summed E-state index contributed by atoms with van der Waals surface area (Å²) in [6, 6.07) is 19.9. The van der Waals surface area contributed by atoms with Gasteiger partial charge in [-0.15, -0.1) is 0 Å². The van der Waals surface area contributed by atoms with Crippen LogP contribution in [0.2, 0.25) is 0 Å². The molecule has 0 atom stereocenters. The second-order valence-corrected chi connectivity index (χ2v) is 13.0. The number of hydrogen-bond acceptors (Lipinski definition) is 14. The maximum absolute atomic E-state index is 14.1. The van der Waals surface area contributed by atoms with Crippen LogP contribution in [0.4, 0.5) is 21.0 Å². The van der Waals surface area contributed by atoms with Crippen molar-refractivity contribution in [1.82, 2.24) is 0 Å². The SMILES string of the molecule is C=C(C)C(=O)OCCOC(=O)Oc1ccc(OC(=O)OCCOC(=O)C(=C)C)c2c1SC(=C1C(=O)N(c3ccccc3)N(c3ccccc3)C1=O)S2. The lowest BCUT2D eigenvalue weighted by Crippen LogP contribution is -2.41. The zero-order chi connectivity index (χ0) is 37.4. The molecular formula is C36H30N2O12S2. The highest BCUT2D eigenvalue weighted by atomic mass is 32.2.